The molecule has 0 aliphatic carbocycles. The first-order valence-electron chi connectivity index (χ1n) is 7.74. The molecule has 0 spiro atoms. The molecule has 1 N–H and O–H groups in total. The smallest absolute Gasteiger partial charge is 0.258 e. The largest absolute Gasteiger partial charge is 0.273 e. The van der Waals surface area contributed by atoms with Gasteiger partial charge in [-0.3, -0.25) is 10.1 Å². The van der Waals surface area contributed by atoms with Crippen LogP contribution in [0.1, 0.15) is 22.0 Å². The number of nitrogens with zero attached hydrogens (tertiary/aromatic N) is 1. The lowest BCUT2D eigenvalue weighted by Gasteiger charge is -2.18. The normalized spacial score (nSPS) is 12.7. The Morgan fingerprint density at radius 2 is 1.81 bits per heavy atom. The van der Waals surface area contributed by atoms with Crippen molar-refractivity contribution in [2.75, 3.05) is 0 Å². The van der Waals surface area contributed by atoms with Gasteiger partial charge < -0.3 is 0 Å². The highest BCUT2D eigenvalue weighted by molar-refractivity contribution is 7.89. The summed E-state index contributed by atoms with van der Waals surface area (Å²) in [5.74, 6) is 0. The van der Waals surface area contributed by atoms with Crippen LogP contribution in [0.25, 0.3) is 0 Å². The van der Waals surface area contributed by atoms with E-state index in [1.54, 1.807) is 6.92 Å². The van der Waals surface area contributed by atoms with Crippen molar-refractivity contribution in [2.24, 2.45) is 0 Å². The lowest BCUT2D eigenvalue weighted by atomic mass is 10.1. The van der Waals surface area contributed by atoms with E-state index >= 15 is 0 Å². The van der Waals surface area contributed by atoms with Crippen LogP contribution in [0.3, 0.4) is 0 Å². The first-order chi connectivity index (χ1) is 12.4. The molecular formula is C18H16N2O4S2. The number of sulfonamides is 1. The molecule has 0 unspecified atom stereocenters. The third kappa shape index (κ3) is 3.82. The molecule has 26 heavy (non-hydrogen) atoms. The average molecular weight is 388 g/mol. The lowest BCUT2D eigenvalue weighted by Crippen LogP contribution is -2.29. The van der Waals surface area contributed by atoms with Gasteiger partial charge in [-0.05, 0) is 30.0 Å². The van der Waals surface area contributed by atoms with Crippen molar-refractivity contribution < 1.29 is 13.3 Å². The number of benzene rings is 2. The predicted octanol–water partition coefficient (Wildman–Crippen LogP) is 4.03. The van der Waals surface area contributed by atoms with Crippen LogP contribution >= 0.6 is 11.3 Å². The molecule has 3 rings (SSSR count). The van der Waals surface area contributed by atoms with E-state index in [-0.39, 0.29) is 10.6 Å². The summed E-state index contributed by atoms with van der Waals surface area (Å²) in [4.78, 5) is 11.2. The third-order valence-electron chi connectivity index (χ3n) is 3.92. The summed E-state index contributed by atoms with van der Waals surface area (Å²) in [5, 5.41) is 13.0. The Hall–Kier alpha value is -2.55. The number of thiophene rings is 1. The van der Waals surface area contributed by atoms with Gasteiger partial charge in [-0.1, -0.05) is 42.5 Å². The van der Waals surface area contributed by atoms with Gasteiger partial charge in [0.25, 0.3) is 5.69 Å². The maximum Gasteiger partial charge on any atom is 0.273 e. The van der Waals surface area contributed by atoms with Gasteiger partial charge >= 0.3 is 0 Å². The molecule has 0 amide bonds. The highest BCUT2D eigenvalue weighted by Gasteiger charge is 2.25. The summed E-state index contributed by atoms with van der Waals surface area (Å²) in [5.41, 5.74) is 0.979. The van der Waals surface area contributed by atoms with Gasteiger partial charge in [-0.15, -0.1) is 11.3 Å². The van der Waals surface area contributed by atoms with Crippen LogP contribution in [0.15, 0.2) is 70.9 Å². The zero-order valence-electron chi connectivity index (χ0n) is 13.8. The Morgan fingerprint density at radius 3 is 2.42 bits per heavy atom. The molecule has 3 aromatic rings. The van der Waals surface area contributed by atoms with E-state index in [2.05, 4.69) is 4.72 Å². The molecule has 0 saturated heterocycles. The highest BCUT2D eigenvalue weighted by atomic mass is 32.2. The first kappa shape index (κ1) is 18.2. The highest BCUT2D eigenvalue weighted by Crippen LogP contribution is 2.29. The zero-order valence-corrected chi connectivity index (χ0v) is 15.5. The zero-order chi connectivity index (χ0) is 18.7. The summed E-state index contributed by atoms with van der Waals surface area (Å²) in [6.45, 7) is 1.57. The van der Waals surface area contributed by atoms with Crippen molar-refractivity contribution in [3.05, 3.63) is 92.2 Å². The molecule has 8 heteroatoms. The first-order valence-corrected chi connectivity index (χ1v) is 10.1. The summed E-state index contributed by atoms with van der Waals surface area (Å²) in [7, 11) is -3.95. The van der Waals surface area contributed by atoms with Gasteiger partial charge in [-0.2, -0.15) is 4.72 Å². The molecule has 0 bridgehead atoms. The van der Waals surface area contributed by atoms with Crippen LogP contribution in [-0.4, -0.2) is 13.3 Å². The number of hydrogen-bond acceptors (Lipinski definition) is 5. The average Bonchev–Trinajstić information content (AvgIpc) is 3.15. The quantitative estimate of drug-likeness (QED) is 0.510. The fourth-order valence-electron chi connectivity index (χ4n) is 2.57. The van der Waals surface area contributed by atoms with Crippen LogP contribution in [0.2, 0.25) is 0 Å². The number of rotatable bonds is 6. The van der Waals surface area contributed by atoms with Gasteiger partial charge in [0, 0.05) is 16.5 Å². The van der Waals surface area contributed by atoms with Crippen LogP contribution in [0.4, 0.5) is 5.69 Å². The van der Waals surface area contributed by atoms with E-state index in [9.17, 15) is 18.5 Å². The molecule has 1 atom stereocenters. The lowest BCUT2D eigenvalue weighted by molar-refractivity contribution is -0.385. The maximum absolute atomic E-state index is 12.9. The van der Waals surface area contributed by atoms with Crippen LogP contribution in [-0.2, 0) is 10.0 Å². The van der Waals surface area contributed by atoms with Crippen molar-refractivity contribution in [3.8, 4) is 0 Å². The molecule has 2 aromatic carbocycles. The molecule has 6 nitrogen and oxygen atoms in total. The number of nitro groups is 1. The van der Waals surface area contributed by atoms with Gasteiger partial charge in [0.05, 0.1) is 15.9 Å². The monoisotopic (exact) mass is 388 g/mol. The van der Waals surface area contributed by atoms with E-state index in [1.165, 1.54) is 23.5 Å². The minimum absolute atomic E-state index is 0.132. The fraction of sp³-hybridized carbons (Fsp3) is 0.111. The van der Waals surface area contributed by atoms with Crippen LogP contribution in [0, 0.1) is 17.0 Å². The summed E-state index contributed by atoms with van der Waals surface area (Å²) >= 11 is 1.44. The minimum atomic E-state index is -3.95. The van der Waals surface area contributed by atoms with E-state index < -0.39 is 21.0 Å². The molecule has 0 aliphatic rings. The molecule has 0 aliphatic heterocycles. The number of aryl methyl sites for hydroxylation is 1. The van der Waals surface area contributed by atoms with E-state index in [0.29, 0.717) is 5.56 Å². The minimum Gasteiger partial charge on any atom is -0.258 e. The summed E-state index contributed by atoms with van der Waals surface area (Å²) in [6.07, 6.45) is 0. The second kappa shape index (κ2) is 7.36. The Balaban J connectivity index is 2.01. The molecule has 0 fully saturated rings. The van der Waals surface area contributed by atoms with Crippen molar-refractivity contribution >= 4 is 27.0 Å². The standard InChI is InChI=1S/C18H16N2O4S2/c1-13-9-10-15(12-16(13)20(21)22)26(23,24)19-18(17-8-5-11-25-17)14-6-3-2-4-7-14/h2-12,18-19H,1H3/t18-/m0/s1. The topological polar surface area (TPSA) is 89.3 Å². The third-order valence-corrected chi connectivity index (χ3v) is 6.28. The van der Waals surface area contributed by atoms with Crippen LogP contribution < -0.4 is 4.72 Å². The van der Waals surface area contributed by atoms with E-state index in [4.69, 9.17) is 0 Å². The second-order valence-electron chi connectivity index (χ2n) is 5.69. The number of nitrogens with one attached hydrogen (secondary N) is 1. The molecule has 1 heterocycles. The molecule has 1 aromatic heterocycles. The van der Waals surface area contributed by atoms with Gasteiger partial charge in [0.15, 0.2) is 0 Å². The maximum atomic E-state index is 12.9. The molecule has 134 valence electrons. The van der Waals surface area contributed by atoms with Gasteiger partial charge in [-0.25, -0.2) is 8.42 Å². The Bertz CT molecular complexity index is 1020. The summed E-state index contributed by atoms with van der Waals surface area (Å²) in [6, 6.07) is 16.2. The Morgan fingerprint density at radius 1 is 1.08 bits per heavy atom. The molecule has 0 radical (unpaired) electrons. The second-order valence-corrected chi connectivity index (χ2v) is 8.38. The Labute approximate surface area is 155 Å². The number of nitro benzene ring substituents is 1. The van der Waals surface area contributed by atoms with Crippen LogP contribution in [0.5, 0.6) is 0 Å². The van der Waals surface area contributed by atoms with Gasteiger partial charge in [0.2, 0.25) is 10.0 Å². The molecule has 0 saturated carbocycles. The van der Waals surface area contributed by atoms with Crippen molar-refractivity contribution in [1.82, 2.24) is 4.72 Å². The van der Waals surface area contributed by atoms with Crippen molar-refractivity contribution in [1.29, 1.82) is 0 Å². The van der Waals surface area contributed by atoms with E-state index in [1.807, 2.05) is 47.8 Å². The Kier molecular flexibility index (Phi) is 5.17. The van der Waals surface area contributed by atoms with E-state index in [0.717, 1.165) is 16.5 Å². The van der Waals surface area contributed by atoms with Crippen molar-refractivity contribution in [2.45, 2.75) is 17.9 Å². The number of hydrogen-bond donors (Lipinski definition) is 1. The van der Waals surface area contributed by atoms with Crippen molar-refractivity contribution in [3.63, 3.8) is 0 Å². The SMILES string of the molecule is Cc1ccc(S(=O)(=O)N[C@@H](c2ccccc2)c2cccs2)cc1[N+](=O)[O-]. The summed E-state index contributed by atoms with van der Waals surface area (Å²) < 4.78 is 28.4. The van der Waals surface area contributed by atoms with Gasteiger partial charge in [0.1, 0.15) is 0 Å². The predicted molar refractivity (Wildman–Crippen MR) is 101 cm³/mol. The fourth-order valence-corrected chi connectivity index (χ4v) is 4.67. The molecular weight excluding hydrogens is 372 g/mol.